The number of fused-ring (bicyclic) bond motifs is 1. The summed E-state index contributed by atoms with van der Waals surface area (Å²) in [5.74, 6) is -1.20. The first-order chi connectivity index (χ1) is 18.7. The summed E-state index contributed by atoms with van der Waals surface area (Å²) in [6.07, 6.45) is 6.70. The highest BCUT2D eigenvalue weighted by atomic mass is 16.4. The first kappa shape index (κ1) is 28.6. The zero-order valence-corrected chi connectivity index (χ0v) is 23.1. The van der Waals surface area contributed by atoms with Crippen LogP contribution in [0, 0.1) is 5.41 Å². The number of carboxylic acid groups (broad SMARTS) is 1. The van der Waals surface area contributed by atoms with Crippen LogP contribution in [-0.4, -0.2) is 80.9 Å². The second-order valence-corrected chi connectivity index (χ2v) is 10.9. The van der Waals surface area contributed by atoms with Crippen LogP contribution in [0.2, 0.25) is 0 Å². The number of benzene rings is 1. The normalized spacial score (nSPS) is 20.4. The number of amides is 2. The van der Waals surface area contributed by atoms with Crippen molar-refractivity contribution >= 4 is 34.5 Å². The number of nitrogen functional groups attached to an aromatic ring is 1. The van der Waals surface area contributed by atoms with Crippen molar-refractivity contribution in [3.8, 4) is 0 Å². The Morgan fingerprint density at radius 1 is 1.15 bits per heavy atom. The van der Waals surface area contributed by atoms with Crippen LogP contribution in [0.5, 0.6) is 0 Å². The lowest BCUT2D eigenvalue weighted by Gasteiger charge is -2.32. The number of nitrogens with two attached hydrogens (primary N) is 1. The van der Waals surface area contributed by atoms with Crippen LogP contribution >= 0.6 is 0 Å². The SMILES string of the molecule is CCCn1c(CC[C@@H]2CCCN2C(=O)[C@H]2CCCN2CC[C@H](NC(C)=O)C(=O)O)cc2ccc(C(=N)N)cc21. The number of hydrogen-bond acceptors (Lipinski definition) is 5. The fourth-order valence-corrected chi connectivity index (χ4v) is 6.28. The molecule has 3 heterocycles. The lowest BCUT2D eigenvalue weighted by molar-refractivity contribution is -0.142. The highest BCUT2D eigenvalue weighted by Gasteiger charge is 2.38. The van der Waals surface area contributed by atoms with Gasteiger partial charge in [-0.2, -0.15) is 0 Å². The molecule has 39 heavy (non-hydrogen) atoms. The minimum atomic E-state index is -1.05. The summed E-state index contributed by atoms with van der Waals surface area (Å²) in [5, 5.41) is 20.9. The van der Waals surface area contributed by atoms with Crippen molar-refractivity contribution in [3.05, 3.63) is 35.5 Å². The van der Waals surface area contributed by atoms with E-state index in [0.29, 0.717) is 6.54 Å². The lowest BCUT2D eigenvalue weighted by Crippen LogP contribution is -2.49. The molecule has 2 fully saturated rings. The van der Waals surface area contributed by atoms with Gasteiger partial charge in [0.15, 0.2) is 0 Å². The second-order valence-electron chi connectivity index (χ2n) is 10.9. The monoisotopic (exact) mass is 538 g/mol. The summed E-state index contributed by atoms with van der Waals surface area (Å²) >= 11 is 0. The van der Waals surface area contributed by atoms with Crippen molar-refractivity contribution in [3.63, 3.8) is 0 Å². The number of carbonyl (C=O) groups is 3. The molecule has 10 nitrogen and oxygen atoms in total. The zero-order chi connectivity index (χ0) is 28.1. The van der Waals surface area contributed by atoms with Crippen molar-refractivity contribution in [2.45, 2.75) is 89.9 Å². The Morgan fingerprint density at radius 3 is 2.62 bits per heavy atom. The first-order valence-electron chi connectivity index (χ1n) is 14.2. The van der Waals surface area contributed by atoms with Gasteiger partial charge in [0, 0.05) is 49.4 Å². The summed E-state index contributed by atoms with van der Waals surface area (Å²) in [5.41, 5.74) is 8.80. The smallest absolute Gasteiger partial charge is 0.326 e. The summed E-state index contributed by atoms with van der Waals surface area (Å²) in [6, 6.07) is 7.16. The predicted molar refractivity (Wildman–Crippen MR) is 151 cm³/mol. The summed E-state index contributed by atoms with van der Waals surface area (Å²) < 4.78 is 2.33. The van der Waals surface area contributed by atoms with Crippen LogP contribution < -0.4 is 11.1 Å². The van der Waals surface area contributed by atoms with Crippen molar-refractivity contribution < 1.29 is 19.5 Å². The van der Waals surface area contributed by atoms with E-state index < -0.39 is 12.0 Å². The number of aryl methyl sites for hydroxylation is 2. The fourth-order valence-electron chi connectivity index (χ4n) is 6.28. The van der Waals surface area contributed by atoms with E-state index in [0.717, 1.165) is 81.0 Å². The van der Waals surface area contributed by atoms with E-state index in [4.69, 9.17) is 11.1 Å². The van der Waals surface area contributed by atoms with E-state index in [-0.39, 0.29) is 36.2 Å². The van der Waals surface area contributed by atoms with E-state index in [1.807, 2.05) is 18.2 Å². The Hall–Kier alpha value is -3.40. The van der Waals surface area contributed by atoms with E-state index >= 15 is 0 Å². The van der Waals surface area contributed by atoms with E-state index in [1.54, 1.807) is 0 Å². The molecule has 0 bridgehead atoms. The van der Waals surface area contributed by atoms with Crippen LogP contribution in [0.15, 0.2) is 24.3 Å². The Balaban J connectivity index is 1.42. The molecule has 2 amide bonds. The van der Waals surface area contributed by atoms with Gasteiger partial charge < -0.3 is 25.6 Å². The third-order valence-corrected chi connectivity index (χ3v) is 8.17. The molecule has 0 saturated carbocycles. The van der Waals surface area contributed by atoms with E-state index in [1.165, 1.54) is 12.6 Å². The Kier molecular flexibility index (Phi) is 9.27. The largest absolute Gasteiger partial charge is 0.480 e. The highest BCUT2D eigenvalue weighted by molar-refractivity contribution is 5.98. The number of carboxylic acids is 1. The quantitative estimate of drug-likeness (QED) is 0.242. The Bertz CT molecular complexity index is 1220. The minimum absolute atomic E-state index is 0.0670. The zero-order valence-electron chi connectivity index (χ0n) is 23.1. The molecule has 0 radical (unpaired) electrons. The number of likely N-dealkylation sites (tertiary alicyclic amines) is 2. The average Bonchev–Trinajstić information content (AvgIpc) is 3.63. The fraction of sp³-hybridized carbons (Fsp3) is 0.586. The first-order valence-corrected chi connectivity index (χ1v) is 14.2. The van der Waals surface area contributed by atoms with Crippen molar-refractivity contribution in [2.75, 3.05) is 19.6 Å². The summed E-state index contributed by atoms with van der Waals surface area (Å²) in [6.45, 7) is 6.35. The van der Waals surface area contributed by atoms with Gasteiger partial charge in [-0.3, -0.25) is 19.9 Å². The maximum atomic E-state index is 13.7. The highest BCUT2D eigenvalue weighted by Crippen LogP contribution is 2.29. The third kappa shape index (κ3) is 6.61. The van der Waals surface area contributed by atoms with Gasteiger partial charge in [-0.15, -0.1) is 0 Å². The number of carbonyl (C=O) groups excluding carboxylic acids is 2. The molecular weight excluding hydrogens is 496 g/mol. The molecular formula is C29H42N6O4. The molecule has 10 heteroatoms. The lowest BCUT2D eigenvalue weighted by atomic mass is 10.1. The van der Waals surface area contributed by atoms with Crippen molar-refractivity contribution in [1.82, 2.24) is 19.7 Å². The molecule has 212 valence electrons. The molecule has 5 N–H and O–H groups in total. The van der Waals surface area contributed by atoms with E-state index in [9.17, 15) is 19.5 Å². The maximum absolute atomic E-state index is 13.7. The van der Waals surface area contributed by atoms with Gasteiger partial charge in [0.25, 0.3) is 0 Å². The number of nitrogens with zero attached hydrogens (tertiary/aromatic N) is 3. The Morgan fingerprint density at radius 2 is 1.92 bits per heavy atom. The topological polar surface area (TPSA) is 145 Å². The van der Waals surface area contributed by atoms with Crippen LogP contribution in [0.4, 0.5) is 0 Å². The molecule has 4 rings (SSSR count). The van der Waals surface area contributed by atoms with Gasteiger partial charge in [-0.05, 0) is 75.4 Å². The van der Waals surface area contributed by atoms with E-state index in [2.05, 4.69) is 32.7 Å². The number of aromatic nitrogens is 1. The summed E-state index contributed by atoms with van der Waals surface area (Å²) in [7, 11) is 0. The molecule has 2 aliphatic heterocycles. The molecule has 2 aromatic rings. The van der Waals surface area contributed by atoms with Crippen LogP contribution in [0.1, 0.15) is 70.1 Å². The maximum Gasteiger partial charge on any atom is 0.326 e. The van der Waals surface area contributed by atoms with Crippen LogP contribution in [-0.2, 0) is 27.3 Å². The van der Waals surface area contributed by atoms with Gasteiger partial charge in [0.05, 0.1) is 6.04 Å². The molecule has 1 aromatic heterocycles. The molecule has 2 aliphatic rings. The minimum Gasteiger partial charge on any atom is -0.480 e. The van der Waals surface area contributed by atoms with Crippen LogP contribution in [0.3, 0.4) is 0 Å². The molecule has 0 unspecified atom stereocenters. The predicted octanol–water partition coefficient (Wildman–Crippen LogP) is 2.70. The number of amidine groups is 1. The standard InChI is InChI=1S/C29H42N6O4/c1-3-13-34-23(17-20-8-9-21(27(30)31)18-26(20)34)11-10-22-6-4-15-35(22)28(37)25-7-5-14-33(25)16-12-24(29(38)39)32-19(2)36/h8-9,17-18,22,24-25H,3-7,10-16H2,1-2H3,(H3,30,31)(H,32,36)(H,38,39)/t22-,24-,25+/m0/s1. The van der Waals surface area contributed by atoms with Crippen molar-refractivity contribution in [1.29, 1.82) is 5.41 Å². The number of nitrogens with one attached hydrogen (secondary N) is 2. The number of aliphatic carboxylic acids is 1. The van der Waals surface area contributed by atoms with Crippen molar-refractivity contribution in [2.24, 2.45) is 5.73 Å². The van der Waals surface area contributed by atoms with Gasteiger partial charge in [-0.1, -0.05) is 19.1 Å². The van der Waals surface area contributed by atoms with Gasteiger partial charge in [0.1, 0.15) is 11.9 Å². The second kappa shape index (κ2) is 12.6. The molecule has 3 atom stereocenters. The third-order valence-electron chi connectivity index (χ3n) is 8.17. The Labute approximate surface area is 230 Å². The molecule has 1 aromatic carbocycles. The van der Waals surface area contributed by atoms with Gasteiger partial charge in [-0.25, -0.2) is 4.79 Å². The number of hydrogen-bond donors (Lipinski definition) is 4. The van der Waals surface area contributed by atoms with Gasteiger partial charge >= 0.3 is 5.97 Å². The van der Waals surface area contributed by atoms with Gasteiger partial charge in [0.2, 0.25) is 11.8 Å². The molecule has 2 saturated heterocycles. The molecule has 0 spiro atoms. The van der Waals surface area contributed by atoms with Crippen LogP contribution in [0.25, 0.3) is 10.9 Å². The number of rotatable bonds is 12. The summed E-state index contributed by atoms with van der Waals surface area (Å²) in [4.78, 5) is 40.8. The molecule has 0 aliphatic carbocycles. The average molecular weight is 539 g/mol.